The largest absolute Gasteiger partial charge is 0.496 e. The van der Waals surface area contributed by atoms with Crippen LogP contribution in [0.5, 0.6) is 17.2 Å². The number of aromatic nitrogens is 1. The fourth-order valence-corrected chi connectivity index (χ4v) is 6.31. The Bertz CT molecular complexity index is 1590. The van der Waals surface area contributed by atoms with Gasteiger partial charge in [0, 0.05) is 41.0 Å². The predicted molar refractivity (Wildman–Crippen MR) is 147 cm³/mol. The third-order valence-corrected chi connectivity index (χ3v) is 8.18. The summed E-state index contributed by atoms with van der Waals surface area (Å²) in [7, 11) is 4.84. The molecular weight excluding hydrogens is 494 g/mol. The van der Waals surface area contributed by atoms with Gasteiger partial charge in [0.05, 0.1) is 27.0 Å². The number of nitrogens with one attached hydrogen (secondary N) is 1. The third kappa shape index (κ3) is 3.66. The number of methoxy groups -OCH3 is 3. The smallest absolute Gasteiger partial charge is 0.255 e. The van der Waals surface area contributed by atoms with Gasteiger partial charge in [0.1, 0.15) is 12.3 Å². The van der Waals surface area contributed by atoms with E-state index in [1.807, 2.05) is 67.6 Å². The number of carbonyl (C=O) groups is 2. The van der Waals surface area contributed by atoms with Gasteiger partial charge in [0.15, 0.2) is 17.0 Å². The van der Waals surface area contributed by atoms with E-state index in [1.165, 1.54) is 0 Å². The highest BCUT2D eigenvalue weighted by atomic mass is 16.5. The number of amides is 2. The molecule has 4 aromatic rings. The van der Waals surface area contributed by atoms with Gasteiger partial charge < -0.3 is 29.0 Å². The fraction of sp³-hybridized carbons (Fsp3) is 0.290. The molecule has 2 amide bonds. The molecular formula is C31H31N3O5. The summed E-state index contributed by atoms with van der Waals surface area (Å²) < 4.78 is 16.9. The highest BCUT2D eigenvalue weighted by molar-refractivity contribution is 6.01. The van der Waals surface area contributed by atoms with Crippen molar-refractivity contribution in [3.8, 4) is 17.2 Å². The molecule has 6 rings (SSSR count). The van der Waals surface area contributed by atoms with E-state index in [2.05, 4.69) is 11.1 Å². The molecule has 1 saturated heterocycles. The van der Waals surface area contributed by atoms with E-state index in [1.54, 1.807) is 31.1 Å². The van der Waals surface area contributed by atoms with E-state index >= 15 is 0 Å². The molecule has 8 heteroatoms. The Hall–Kier alpha value is -4.46. The fourth-order valence-electron chi connectivity index (χ4n) is 6.31. The second-order valence-electron chi connectivity index (χ2n) is 10.1. The van der Waals surface area contributed by atoms with Crippen LogP contribution in [-0.2, 0) is 21.7 Å². The minimum Gasteiger partial charge on any atom is -0.496 e. The van der Waals surface area contributed by atoms with Gasteiger partial charge in [-0.1, -0.05) is 48.5 Å². The second kappa shape index (κ2) is 9.38. The van der Waals surface area contributed by atoms with Crippen LogP contribution in [0.1, 0.15) is 35.2 Å². The van der Waals surface area contributed by atoms with Crippen molar-refractivity contribution >= 4 is 22.7 Å². The third-order valence-electron chi connectivity index (χ3n) is 8.18. The van der Waals surface area contributed by atoms with Crippen LogP contribution in [0.3, 0.4) is 0 Å². The van der Waals surface area contributed by atoms with Gasteiger partial charge in [-0.05, 0) is 30.7 Å². The highest BCUT2D eigenvalue weighted by Gasteiger charge is 2.56. The highest BCUT2D eigenvalue weighted by Crippen LogP contribution is 2.50. The van der Waals surface area contributed by atoms with Crippen molar-refractivity contribution in [3.05, 3.63) is 89.1 Å². The van der Waals surface area contributed by atoms with Crippen molar-refractivity contribution in [1.82, 2.24) is 14.8 Å². The summed E-state index contributed by atoms with van der Waals surface area (Å²) in [6.45, 7) is 2.46. The maximum atomic E-state index is 14.4. The summed E-state index contributed by atoms with van der Waals surface area (Å²) in [5.41, 5.74) is 3.20. The Kier molecular flexibility index (Phi) is 5.98. The second-order valence-corrected chi connectivity index (χ2v) is 10.1. The van der Waals surface area contributed by atoms with Crippen molar-refractivity contribution in [2.45, 2.75) is 24.9 Å². The van der Waals surface area contributed by atoms with Gasteiger partial charge in [-0.25, -0.2) is 0 Å². The lowest BCUT2D eigenvalue weighted by Gasteiger charge is -2.51. The molecule has 8 nitrogen and oxygen atoms in total. The van der Waals surface area contributed by atoms with Crippen molar-refractivity contribution in [1.29, 1.82) is 0 Å². The van der Waals surface area contributed by atoms with Crippen LogP contribution in [0.25, 0.3) is 10.9 Å². The van der Waals surface area contributed by atoms with E-state index in [9.17, 15) is 9.59 Å². The lowest BCUT2D eigenvalue weighted by atomic mass is 9.76. The quantitative estimate of drug-likeness (QED) is 0.403. The Labute approximate surface area is 227 Å². The number of fused-ring (bicyclic) bond motifs is 5. The molecule has 0 saturated carbocycles. The molecule has 1 N–H and O–H groups in total. The van der Waals surface area contributed by atoms with Crippen molar-refractivity contribution in [2.75, 3.05) is 34.4 Å². The van der Waals surface area contributed by atoms with Gasteiger partial charge in [-0.3, -0.25) is 9.59 Å². The summed E-state index contributed by atoms with van der Waals surface area (Å²) in [5, 5.41) is 1.02. The summed E-state index contributed by atoms with van der Waals surface area (Å²) >= 11 is 0. The molecule has 3 heterocycles. The number of benzene rings is 3. The molecule has 1 unspecified atom stereocenters. The predicted octanol–water partition coefficient (Wildman–Crippen LogP) is 4.43. The number of ether oxygens (including phenoxy) is 3. The number of piperazine rings is 1. The van der Waals surface area contributed by atoms with E-state index in [-0.39, 0.29) is 30.8 Å². The topological polar surface area (TPSA) is 84.1 Å². The normalized spacial score (nSPS) is 20.6. The number of aromatic amines is 1. The maximum Gasteiger partial charge on any atom is 0.255 e. The maximum absolute atomic E-state index is 14.4. The molecule has 1 fully saturated rings. The Balaban J connectivity index is 1.52. The molecule has 39 heavy (non-hydrogen) atoms. The van der Waals surface area contributed by atoms with Gasteiger partial charge >= 0.3 is 0 Å². The number of hydrogen-bond donors (Lipinski definition) is 1. The molecule has 2 atom stereocenters. The minimum absolute atomic E-state index is 0.00992. The molecule has 0 bridgehead atoms. The molecule has 2 aliphatic heterocycles. The lowest BCUT2D eigenvalue weighted by molar-refractivity contribution is -0.167. The number of carbonyl (C=O) groups excluding carboxylic acids is 2. The zero-order chi connectivity index (χ0) is 27.3. The molecule has 0 spiro atoms. The monoisotopic (exact) mass is 525 g/mol. The van der Waals surface area contributed by atoms with E-state index in [0.29, 0.717) is 23.8 Å². The van der Waals surface area contributed by atoms with Gasteiger partial charge in [-0.2, -0.15) is 0 Å². The van der Waals surface area contributed by atoms with Crippen molar-refractivity contribution in [3.63, 3.8) is 0 Å². The minimum atomic E-state index is -1.20. The Morgan fingerprint density at radius 3 is 2.38 bits per heavy atom. The van der Waals surface area contributed by atoms with Gasteiger partial charge in [0.2, 0.25) is 5.91 Å². The first-order valence-corrected chi connectivity index (χ1v) is 13.0. The van der Waals surface area contributed by atoms with Crippen LogP contribution >= 0.6 is 0 Å². The lowest BCUT2D eigenvalue weighted by Crippen LogP contribution is -2.67. The molecule has 3 aromatic carbocycles. The Morgan fingerprint density at radius 2 is 1.62 bits per heavy atom. The van der Waals surface area contributed by atoms with E-state index in [4.69, 9.17) is 14.2 Å². The van der Waals surface area contributed by atoms with Crippen molar-refractivity contribution < 1.29 is 23.8 Å². The van der Waals surface area contributed by atoms with E-state index in [0.717, 1.165) is 33.3 Å². The average Bonchev–Trinajstić information content (AvgIpc) is 3.36. The summed E-state index contributed by atoms with van der Waals surface area (Å²) in [5.74, 6) is 1.46. The van der Waals surface area contributed by atoms with Crippen LogP contribution in [-0.4, -0.2) is 61.0 Å². The first kappa shape index (κ1) is 24.9. The molecule has 0 aliphatic carbocycles. The van der Waals surface area contributed by atoms with Crippen LogP contribution in [0.4, 0.5) is 0 Å². The molecule has 2 aliphatic rings. The Morgan fingerprint density at radius 1 is 0.897 bits per heavy atom. The molecule has 0 radical (unpaired) electrons. The van der Waals surface area contributed by atoms with E-state index < -0.39 is 5.54 Å². The van der Waals surface area contributed by atoms with Crippen LogP contribution in [0, 0.1) is 0 Å². The first-order valence-electron chi connectivity index (χ1n) is 13.0. The number of rotatable bonds is 6. The summed E-state index contributed by atoms with van der Waals surface area (Å²) in [4.78, 5) is 35.1. The van der Waals surface area contributed by atoms with Crippen LogP contribution < -0.4 is 14.2 Å². The molecule has 200 valence electrons. The number of nitrogens with zero attached hydrogens (tertiary/aromatic N) is 2. The summed E-state index contributed by atoms with van der Waals surface area (Å²) in [6, 6.07) is 21.4. The summed E-state index contributed by atoms with van der Waals surface area (Å²) in [6.07, 6.45) is 0. The zero-order valence-electron chi connectivity index (χ0n) is 22.5. The van der Waals surface area contributed by atoms with Crippen LogP contribution in [0.2, 0.25) is 0 Å². The molecule has 1 aromatic heterocycles. The average molecular weight is 526 g/mol. The standard InChI is InChI=1S/C31H31N3O5/c1-31-29-27(21-11-6-7-13-23(21)32-29)22(20-12-9-15-25(38-3)28(20)39-4)17-34(31)26(35)18-33(30(31)36)16-19-10-5-8-14-24(19)37-2/h5-15,22,32H,16-18H2,1-4H3/t22?,31-/m0/s1. The first-order chi connectivity index (χ1) is 18.9. The number of H-pyrrole nitrogens is 1. The zero-order valence-corrected chi connectivity index (χ0v) is 22.5. The SMILES string of the molecule is COc1ccccc1CN1CC(=O)N2CC(c3cccc(OC)c3OC)c3c([nH]c4ccccc34)[C@@]2(C)C1=O. The van der Waals surface area contributed by atoms with Gasteiger partial charge in [0.25, 0.3) is 5.91 Å². The number of hydrogen-bond acceptors (Lipinski definition) is 5. The van der Waals surface area contributed by atoms with Crippen molar-refractivity contribution in [2.24, 2.45) is 0 Å². The van der Waals surface area contributed by atoms with Gasteiger partial charge in [-0.15, -0.1) is 0 Å². The number of para-hydroxylation sites is 3. The van der Waals surface area contributed by atoms with Crippen LogP contribution in [0.15, 0.2) is 66.7 Å².